The zero-order valence-corrected chi connectivity index (χ0v) is 27.8. The summed E-state index contributed by atoms with van der Waals surface area (Å²) >= 11 is 4.97. The van der Waals surface area contributed by atoms with Crippen molar-refractivity contribution in [3.8, 4) is 11.5 Å². The number of imide groups is 1. The van der Waals surface area contributed by atoms with Crippen molar-refractivity contribution in [1.29, 1.82) is 0 Å². The molecule has 4 aromatic rings. The summed E-state index contributed by atoms with van der Waals surface area (Å²) in [6, 6.07) is 20.4. The summed E-state index contributed by atoms with van der Waals surface area (Å²) in [5, 5.41) is 3.86. The van der Waals surface area contributed by atoms with Crippen molar-refractivity contribution in [2.24, 2.45) is 0 Å². The number of halogens is 5. The van der Waals surface area contributed by atoms with E-state index < -0.39 is 35.3 Å². The van der Waals surface area contributed by atoms with Crippen LogP contribution in [0.4, 0.5) is 23.7 Å². The number of alkyl halides is 3. The highest BCUT2D eigenvalue weighted by atomic mass is 127. The second kappa shape index (κ2) is 13.4. The number of carbonyl (C=O) groups excluding carboxylic acids is 3. The summed E-state index contributed by atoms with van der Waals surface area (Å²) in [5.41, 5.74) is 0.474. The minimum absolute atomic E-state index is 0.00543. The summed E-state index contributed by atoms with van der Waals surface area (Å²) in [6.07, 6.45) is -3.09. The van der Waals surface area contributed by atoms with E-state index in [0.717, 1.165) is 46.6 Å². The molecule has 1 N–H and O–H groups in total. The summed E-state index contributed by atoms with van der Waals surface area (Å²) in [5.74, 6) is -0.865. The number of nitrogens with one attached hydrogen (secondary N) is 1. The van der Waals surface area contributed by atoms with Gasteiger partial charge in [0.25, 0.3) is 11.1 Å². The Kier molecular flexibility index (Phi) is 9.74. The Morgan fingerprint density at radius 2 is 1.70 bits per heavy atom. The van der Waals surface area contributed by atoms with Gasteiger partial charge < -0.3 is 14.8 Å². The SMILES string of the molecule is COc1ccc(C(F)(F)F)cc1NC(=O)CN1C(=O)S/C(=C\c2cc(I)c(OCc3cccc4ccccc34)c(I)c2)C1=O. The van der Waals surface area contributed by atoms with Crippen molar-refractivity contribution in [3.05, 3.63) is 102 Å². The van der Waals surface area contributed by atoms with Crippen LogP contribution in [0.1, 0.15) is 16.7 Å². The second-order valence-electron chi connectivity index (χ2n) is 9.47. The first-order valence-electron chi connectivity index (χ1n) is 12.8. The van der Waals surface area contributed by atoms with E-state index in [1.54, 1.807) is 6.08 Å². The fraction of sp³-hybridized carbons (Fsp3) is 0.129. The summed E-state index contributed by atoms with van der Waals surface area (Å²) < 4.78 is 52.3. The number of amides is 3. The van der Waals surface area contributed by atoms with E-state index in [0.29, 0.717) is 29.7 Å². The third-order valence-corrected chi connectivity index (χ3v) is 9.06. The maximum Gasteiger partial charge on any atom is 0.416 e. The van der Waals surface area contributed by atoms with E-state index in [4.69, 9.17) is 9.47 Å². The molecule has 1 fully saturated rings. The fourth-order valence-corrected chi connectivity index (χ4v) is 7.44. The van der Waals surface area contributed by atoms with Gasteiger partial charge in [-0.15, -0.1) is 0 Å². The van der Waals surface area contributed by atoms with E-state index >= 15 is 0 Å². The number of anilines is 1. The first-order valence-corrected chi connectivity index (χ1v) is 15.8. The number of methoxy groups -OCH3 is 1. The zero-order valence-electron chi connectivity index (χ0n) is 22.7. The van der Waals surface area contributed by atoms with Crippen LogP contribution >= 0.6 is 56.9 Å². The lowest BCUT2D eigenvalue weighted by Crippen LogP contribution is -2.36. The molecule has 0 radical (unpaired) electrons. The Labute approximate surface area is 281 Å². The van der Waals surface area contributed by atoms with E-state index in [-0.39, 0.29) is 16.3 Å². The molecule has 7 nitrogen and oxygen atoms in total. The topological polar surface area (TPSA) is 84.9 Å². The molecule has 4 aromatic carbocycles. The number of thioether (sulfide) groups is 1. The molecule has 1 aliphatic rings. The van der Waals surface area contributed by atoms with Gasteiger partial charge in [0.1, 0.15) is 24.7 Å². The summed E-state index contributed by atoms with van der Waals surface area (Å²) in [4.78, 5) is 39.2. The van der Waals surface area contributed by atoms with Gasteiger partial charge in [-0.3, -0.25) is 19.3 Å². The van der Waals surface area contributed by atoms with Gasteiger partial charge in [0, 0.05) is 0 Å². The molecule has 5 rings (SSSR count). The highest BCUT2D eigenvalue weighted by Crippen LogP contribution is 2.37. The number of hydrogen-bond acceptors (Lipinski definition) is 6. The van der Waals surface area contributed by atoms with Crippen LogP contribution in [0.3, 0.4) is 0 Å². The van der Waals surface area contributed by atoms with Gasteiger partial charge in [-0.05, 0) is 115 Å². The highest BCUT2D eigenvalue weighted by molar-refractivity contribution is 14.1. The van der Waals surface area contributed by atoms with Gasteiger partial charge in [-0.25, -0.2) is 0 Å². The maximum absolute atomic E-state index is 13.2. The molecule has 0 unspecified atom stereocenters. The minimum Gasteiger partial charge on any atom is -0.495 e. The number of carbonyl (C=O) groups is 3. The van der Waals surface area contributed by atoms with E-state index in [1.807, 2.05) is 54.6 Å². The minimum atomic E-state index is -4.64. The van der Waals surface area contributed by atoms with Crippen LogP contribution < -0.4 is 14.8 Å². The van der Waals surface area contributed by atoms with Crippen molar-refractivity contribution < 1.29 is 37.0 Å². The van der Waals surface area contributed by atoms with Crippen LogP contribution in [-0.2, 0) is 22.4 Å². The predicted octanol–water partition coefficient (Wildman–Crippen LogP) is 8.33. The molecule has 1 heterocycles. The van der Waals surface area contributed by atoms with Crippen LogP contribution in [0.25, 0.3) is 16.8 Å². The third-order valence-electron chi connectivity index (χ3n) is 6.55. The van der Waals surface area contributed by atoms with Gasteiger partial charge in [-0.1, -0.05) is 42.5 Å². The van der Waals surface area contributed by atoms with E-state index in [9.17, 15) is 27.6 Å². The molecular weight excluding hydrogens is 823 g/mol. The molecular formula is C31H21F3I2N2O5S. The normalized spacial score (nSPS) is 14.4. The lowest BCUT2D eigenvalue weighted by atomic mass is 10.1. The highest BCUT2D eigenvalue weighted by Gasteiger charge is 2.37. The van der Waals surface area contributed by atoms with Crippen molar-refractivity contribution in [2.45, 2.75) is 12.8 Å². The molecule has 13 heteroatoms. The van der Waals surface area contributed by atoms with Gasteiger partial charge in [0.15, 0.2) is 0 Å². The zero-order chi connectivity index (χ0) is 31.6. The average Bonchev–Trinajstić information content (AvgIpc) is 3.23. The van der Waals surface area contributed by atoms with Crippen molar-refractivity contribution in [2.75, 3.05) is 19.0 Å². The Morgan fingerprint density at radius 1 is 1.00 bits per heavy atom. The Morgan fingerprint density at radius 3 is 2.41 bits per heavy atom. The molecule has 0 aromatic heterocycles. The average molecular weight is 844 g/mol. The van der Waals surface area contributed by atoms with Crippen LogP contribution in [0.5, 0.6) is 11.5 Å². The van der Waals surface area contributed by atoms with Crippen LogP contribution in [-0.4, -0.2) is 35.6 Å². The third kappa shape index (κ3) is 7.15. The van der Waals surface area contributed by atoms with Crippen LogP contribution in [0.2, 0.25) is 0 Å². The number of benzene rings is 4. The van der Waals surface area contributed by atoms with Gasteiger partial charge in [-0.2, -0.15) is 13.2 Å². The van der Waals surface area contributed by atoms with E-state index in [2.05, 4.69) is 50.5 Å². The lowest BCUT2D eigenvalue weighted by molar-refractivity contribution is -0.137. The van der Waals surface area contributed by atoms with Crippen molar-refractivity contribution in [3.63, 3.8) is 0 Å². The number of hydrogen-bond donors (Lipinski definition) is 1. The van der Waals surface area contributed by atoms with Gasteiger partial charge >= 0.3 is 6.18 Å². The molecule has 1 saturated heterocycles. The van der Waals surface area contributed by atoms with E-state index in [1.165, 1.54) is 7.11 Å². The first kappa shape index (κ1) is 32.1. The predicted molar refractivity (Wildman–Crippen MR) is 179 cm³/mol. The molecule has 0 bridgehead atoms. The monoisotopic (exact) mass is 844 g/mol. The van der Waals surface area contributed by atoms with Crippen LogP contribution in [0, 0.1) is 7.14 Å². The molecule has 1 aliphatic heterocycles. The molecule has 0 spiro atoms. The standard InChI is InChI=1S/C31H21F3I2N2O5S/c1-42-25-10-9-20(31(32,33)34)14-24(25)37-27(39)15-38-29(40)26(44-30(38)41)13-17-11-22(35)28(23(36)12-17)43-16-19-7-4-6-18-5-2-3-8-21(18)19/h2-14H,15-16H2,1H3,(H,37,39)/b26-13-. The quantitative estimate of drug-likeness (QED) is 0.142. The molecule has 226 valence electrons. The van der Waals surface area contributed by atoms with Gasteiger partial charge in [0.2, 0.25) is 5.91 Å². The Bertz CT molecular complexity index is 1800. The van der Waals surface area contributed by atoms with Crippen LogP contribution in [0.15, 0.2) is 77.7 Å². The summed E-state index contributed by atoms with van der Waals surface area (Å²) in [7, 11) is 1.24. The molecule has 0 aliphatic carbocycles. The number of rotatable bonds is 8. The van der Waals surface area contributed by atoms with Gasteiger partial charge in [0.05, 0.1) is 30.4 Å². The van der Waals surface area contributed by atoms with Crippen molar-refractivity contribution >= 4 is 96.5 Å². The van der Waals surface area contributed by atoms with Crippen molar-refractivity contribution in [1.82, 2.24) is 4.90 Å². The molecule has 3 amide bonds. The number of ether oxygens (including phenoxy) is 2. The lowest BCUT2D eigenvalue weighted by Gasteiger charge is -2.16. The molecule has 0 atom stereocenters. The second-order valence-corrected chi connectivity index (χ2v) is 12.8. The number of nitrogens with zero attached hydrogens (tertiary/aromatic N) is 1. The summed E-state index contributed by atoms with van der Waals surface area (Å²) in [6.45, 7) is -0.322. The molecule has 0 saturated carbocycles. The smallest absolute Gasteiger partial charge is 0.416 e. The fourth-order valence-electron chi connectivity index (χ4n) is 4.47. The molecule has 44 heavy (non-hydrogen) atoms. The Balaban J connectivity index is 1.28. The largest absolute Gasteiger partial charge is 0.495 e. The first-order chi connectivity index (χ1) is 20.9. The number of fused-ring (bicyclic) bond motifs is 1. The Hall–Kier alpha value is -3.31. The maximum atomic E-state index is 13.2.